The fourth-order valence-electron chi connectivity index (χ4n) is 3.02. The average molecular weight is 394 g/mol. The molecule has 136 valence electrons. The van der Waals surface area contributed by atoms with E-state index in [1.54, 1.807) is 23.5 Å². The number of amides is 1. The topological polar surface area (TPSA) is 29.5 Å². The van der Waals surface area contributed by atoms with Gasteiger partial charge in [0.25, 0.3) is 0 Å². The highest BCUT2D eigenvalue weighted by molar-refractivity contribution is 8.00. The second kappa shape index (κ2) is 8.11. The van der Waals surface area contributed by atoms with Gasteiger partial charge in [-0.05, 0) is 60.4 Å². The second-order valence-corrected chi connectivity index (χ2v) is 8.06. The first-order chi connectivity index (χ1) is 13.2. The molecule has 1 aliphatic rings. The van der Waals surface area contributed by atoms with Gasteiger partial charge in [0.2, 0.25) is 5.91 Å². The Labute approximate surface area is 167 Å². The van der Waals surface area contributed by atoms with E-state index in [1.807, 2.05) is 59.5 Å². The lowest BCUT2D eigenvalue weighted by atomic mass is 10.2. The number of anilines is 1. The summed E-state index contributed by atoms with van der Waals surface area (Å²) in [4.78, 5) is 15.6. The lowest BCUT2D eigenvalue weighted by molar-refractivity contribution is -0.115. The number of rotatable bonds is 5. The van der Waals surface area contributed by atoms with Gasteiger partial charge >= 0.3 is 0 Å². The quantitative estimate of drug-likeness (QED) is 0.499. The number of ether oxygens (including phenoxy) is 1. The molecule has 1 unspecified atom stereocenters. The molecule has 0 spiro atoms. The number of hydrogen-bond donors (Lipinski definition) is 0. The van der Waals surface area contributed by atoms with E-state index >= 15 is 0 Å². The Bertz CT molecular complexity index is 911. The first kappa shape index (κ1) is 18.0. The van der Waals surface area contributed by atoms with Crippen molar-refractivity contribution in [3.8, 4) is 11.5 Å². The van der Waals surface area contributed by atoms with Crippen LogP contribution in [0.2, 0.25) is 0 Å². The van der Waals surface area contributed by atoms with Gasteiger partial charge in [-0.3, -0.25) is 9.69 Å². The van der Waals surface area contributed by atoms with Gasteiger partial charge in [0, 0.05) is 10.6 Å². The fraction of sp³-hybridized carbons (Fsp3) is 0.136. The molecule has 0 bridgehead atoms. The Kier molecular flexibility index (Phi) is 5.41. The minimum absolute atomic E-state index is 0.00861. The van der Waals surface area contributed by atoms with Crippen LogP contribution in [-0.4, -0.2) is 17.9 Å². The van der Waals surface area contributed by atoms with Crippen molar-refractivity contribution in [2.75, 3.05) is 16.9 Å². The molecule has 0 aliphatic carbocycles. The molecule has 5 heteroatoms. The van der Waals surface area contributed by atoms with Crippen LogP contribution in [0.25, 0.3) is 0 Å². The average Bonchev–Trinajstić information content (AvgIpc) is 3.11. The Morgan fingerprint density at radius 3 is 2.26 bits per heavy atom. The summed E-state index contributed by atoms with van der Waals surface area (Å²) in [6, 6.07) is 25.8. The molecule has 27 heavy (non-hydrogen) atoms. The van der Waals surface area contributed by atoms with E-state index < -0.39 is 0 Å². The summed E-state index contributed by atoms with van der Waals surface area (Å²) in [5.41, 5.74) is 2.04. The Morgan fingerprint density at radius 1 is 0.926 bits per heavy atom. The molecular formula is C22H19NO2S2. The maximum absolute atomic E-state index is 12.5. The van der Waals surface area contributed by atoms with Crippen molar-refractivity contribution in [3.63, 3.8) is 0 Å². The van der Waals surface area contributed by atoms with Crippen LogP contribution in [0.1, 0.15) is 10.9 Å². The Balaban J connectivity index is 1.55. The molecule has 0 N–H and O–H groups in total. The molecule has 1 atom stereocenters. The van der Waals surface area contributed by atoms with Crippen LogP contribution in [0.3, 0.4) is 0 Å². The van der Waals surface area contributed by atoms with Crippen molar-refractivity contribution in [2.24, 2.45) is 0 Å². The van der Waals surface area contributed by atoms with E-state index in [2.05, 4.69) is 30.5 Å². The predicted molar refractivity (Wildman–Crippen MR) is 114 cm³/mol. The van der Waals surface area contributed by atoms with Gasteiger partial charge in [-0.1, -0.05) is 30.3 Å². The summed E-state index contributed by atoms with van der Waals surface area (Å²) in [6.45, 7) is 0. The molecule has 0 saturated carbocycles. The lowest BCUT2D eigenvalue weighted by Crippen LogP contribution is -2.27. The number of para-hydroxylation sites is 1. The molecule has 4 rings (SSSR count). The van der Waals surface area contributed by atoms with Crippen LogP contribution >= 0.6 is 23.5 Å². The monoisotopic (exact) mass is 393 g/mol. The SMILES string of the molecule is CSc1ccc(C2SCC(=O)N2c2ccc(Oc3ccccc3)cc2)cc1. The minimum Gasteiger partial charge on any atom is -0.457 e. The first-order valence-electron chi connectivity index (χ1n) is 8.65. The molecule has 3 aromatic rings. The summed E-state index contributed by atoms with van der Waals surface area (Å²) in [5.74, 6) is 2.18. The van der Waals surface area contributed by atoms with Crippen molar-refractivity contribution in [1.29, 1.82) is 0 Å². The zero-order chi connectivity index (χ0) is 18.6. The van der Waals surface area contributed by atoms with Crippen LogP contribution in [0.5, 0.6) is 11.5 Å². The van der Waals surface area contributed by atoms with E-state index in [0.717, 1.165) is 22.7 Å². The third-order valence-electron chi connectivity index (χ3n) is 4.36. The zero-order valence-corrected chi connectivity index (χ0v) is 16.5. The maximum Gasteiger partial charge on any atom is 0.238 e. The van der Waals surface area contributed by atoms with Gasteiger partial charge in [0.05, 0.1) is 5.75 Å². The third kappa shape index (κ3) is 3.99. The van der Waals surface area contributed by atoms with Gasteiger partial charge in [-0.15, -0.1) is 23.5 Å². The normalized spacial score (nSPS) is 16.6. The van der Waals surface area contributed by atoms with Crippen LogP contribution in [-0.2, 0) is 4.79 Å². The highest BCUT2D eigenvalue weighted by Gasteiger charge is 2.33. The van der Waals surface area contributed by atoms with Gasteiger partial charge < -0.3 is 4.74 Å². The van der Waals surface area contributed by atoms with E-state index in [0.29, 0.717) is 5.75 Å². The van der Waals surface area contributed by atoms with Crippen molar-refractivity contribution >= 4 is 35.1 Å². The van der Waals surface area contributed by atoms with Gasteiger partial charge in [0.15, 0.2) is 0 Å². The highest BCUT2D eigenvalue weighted by atomic mass is 32.2. The maximum atomic E-state index is 12.5. The molecule has 1 aliphatic heterocycles. The molecule has 3 aromatic carbocycles. The van der Waals surface area contributed by atoms with E-state index in [-0.39, 0.29) is 11.3 Å². The van der Waals surface area contributed by atoms with E-state index in [1.165, 1.54) is 4.90 Å². The standard InChI is InChI=1S/C22H19NO2S2/c1-26-20-13-7-16(8-14-20)22-23(21(24)15-27-22)17-9-11-19(12-10-17)25-18-5-3-2-4-6-18/h2-14,22H,15H2,1H3. The second-order valence-electron chi connectivity index (χ2n) is 6.11. The molecule has 1 amide bonds. The first-order valence-corrected chi connectivity index (χ1v) is 10.9. The number of benzene rings is 3. The number of nitrogens with zero attached hydrogens (tertiary/aromatic N) is 1. The van der Waals surface area contributed by atoms with Crippen LogP contribution in [0.4, 0.5) is 5.69 Å². The molecule has 3 nitrogen and oxygen atoms in total. The van der Waals surface area contributed by atoms with Crippen molar-refractivity contribution in [3.05, 3.63) is 84.4 Å². The van der Waals surface area contributed by atoms with Crippen molar-refractivity contribution < 1.29 is 9.53 Å². The number of hydrogen-bond acceptors (Lipinski definition) is 4. The van der Waals surface area contributed by atoms with Gasteiger partial charge in [0.1, 0.15) is 16.9 Å². The summed E-state index contributed by atoms with van der Waals surface area (Å²) >= 11 is 3.38. The van der Waals surface area contributed by atoms with Crippen LogP contribution in [0.15, 0.2) is 83.8 Å². The van der Waals surface area contributed by atoms with Gasteiger partial charge in [-0.2, -0.15) is 0 Å². The Hall–Kier alpha value is -2.37. The molecule has 1 fully saturated rings. The highest BCUT2D eigenvalue weighted by Crippen LogP contribution is 2.42. The van der Waals surface area contributed by atoms with E-state index in [9.17, 15) is 4.79 Å². The summed E-state index contributed by atoms with van der Waals surface area (Å²) < 4.78 is 5.85. The van der Waals surface area contributed by atoms with Crippen LogP contribution in [0, 0.1) is 0 Å². The third-order valence-corrected chi connectivity index (χ3v) is 6.32. The summed E-state index contributed by atoms with van der Waals surface area (Å²) in [7, 11) is 0. The number of carbonyl (C=O) groups excluding carboxylic acids is 1. The smallest absolute Gasteiger partial charge is 0.238 e. The predicted octanol–water partition coefficient (Wildman–Crippen LogP) is 5.98. The summed E-state index contributed by atoms with van der Waals surface area (Å²) in [5, 5.41) is 0.00861. The van der Waals surface area contributed by atoms with Crippen LogP contribution < -0.4 is 9.64 Å². The molecule has 0 aromatic heterocycles. The minimum atomic E-state index is 0.00861. The van der Waals surface area contributed by atoms with Crippen molar-refractivity contribution in [2.45, 2.75) is 10.3 Å². The van der Waals surface area contributed by atoms with Crippen molar-refractivity contribution in [1.82, 2.24) is 0 Å². The largest absolute Gasteiger partial charge is 0.457 e. The molecule has 0 radical (unpaired) electrons. The fourth-order valence-corrected chi connectivity index (χ4v) is 4.60. The number of thioether (sulfide) groups is 2. The zero-order valence-electron chi connectivity index (χ0n) is 14.9. The molecular weight excluding hydrogens is 374 g/mol. The lowest BCUT2D eigenvalue weighted by Gasteiger charge is -2.24. The molecule has 1 saturated heterocycles. The van der Waals surface area contributed by atoms with E-state index in [4.69, 9.17) is 4.74 Å². The Morgan fingerprint density at radius 2 is 1.59 bits per heavy atom. The summed E-state index contributed by atoms with van der Waals surface area (Å²) in [6.07, 6.45) is 2.06. The van der Waals surface area contributed by atoms with Gasteiger partial charge in [-0.25, -0.2) is 0 Å². The molecule has 1 heterocycles. The number of carbonyl (C=O) groups is 1.